The van der Waals surface area contributed by atoms with Crippen LogP contribution in [-0.4, -0.2) is 6.54 Å². The van der Waals surface area contributed by atoms with Crippen molar-refractivity contribution in [3.63, 3.8) is 0 Å². The first-order chi connectivity index (χ1) is 8.65. The molecule has 1 aromatic carbocycles. The number of unbranched alkanes of at least 4 members (excludes halogenated alkanes) is 2. The lowest BCUT2D eigenvalue weighted by atomic mass is 9.99. The third-order valence-corrected chi connectivity index (χ3v) is 3.30. The van der Waals surface area contributed by atoms with Crippen molar-refractivity contribution in [2.24, 2.45) is 0 Å². The maximum atomic E-state index is 5.23. The lowest BCUT2D eigenvalue weighted by Crippen LogP contribution is -2.19. The fraction of sp³-hybridized carbons (Fsp3) is 0.529. The van der Waals surface area contributed by atoms with E-state index < -0.39 is 0 Å². The minimum Gasteiger partial charge on any atom is -0.310 e. The van der Waals surface area contributed by atoms with Crippen molar-refractivity contribution in [3.8, 4) is 12.3 Å². The smallest absolute Gasteiger partial charge is 0.0291 e. The van der Waals surface area contributed by atoms with Gasteiger partial charge < -0.3 is 5.32 Å². The van der Waals surface area contributed by atoms with Gasteiger partial charge >= 0.3 is 0 Å². The molecule has 98 valence electrons. The Bertz CT molecular complexity index is 370. The largest absolute Gasteiger partial charge is 0.310 e. The predicted molar refractivity (Wildman–Crippen MR) is 79.6 cm³/mol. The molecule has 1 aromatic rings. The molecule has 0 heterocycles. The molecule has 0 aliphatic heterocycles. The van der Waals surface area contributed by atoms with Crippen LogP contribution in [0.2, 0.25) is 0 Å². The highest BCUT2D eigenvalue weighted by Crippen LogP contribution is 2.18. The van der Waals surface area contributed by atoms with E-state index in [1.165, 1.54) is 11.1 Å². The molecule has 1 heteroatoms. The quantitative estimate of drug-likeness (QED) is 0.557. The molecule has 0 aliphatic carbocycles. The van der Waals surface area contributed by atoms with Crippen molar-refractivity contribution in [2.75, 3.05) is 6.54 Å². The zero-order valence-electron chi connectivity index (χ0n) is 11.9. The monoisotopic (exact) mass is 243 g/mol. The van der Waals surface area contributed by atoms with Crippen LogP contribution in [0.5, 0.6) is 0 Å². The molecule has 0 spiro atoms. The Hall–Kier alpha value is -1.26. The van der Waals surface area contributed by atoms with Crippen molar-refractivity contribution in [2.45, 2.75) is 52.0 Å². The van der Waals surface area contributed by atoms with Gasteiger partial charge in [-0.15, -0.1) is 12.3 Å². The maximum absolute atomic E-state index is 5.23. The average Bonchev–Trinajstić information content (AvgIpc) is 2.38. The van der Waals surface area contributed by atoms with Crippen LogP contribution < -0.4 is 5.32 Å². The van der Waals surface area contributed by atoms with Crippen molar-refractivity contribution >= 4 is 0 Å². The number of hydrogen-bond donors (Lipinski definition) is 1. The van der Waals surface area contributed by atoms with Gasteiger partial charge in [0, 0.05) is 12.5 Å². The highest BCUT2D eigenvalue weighted by Gasteiger charge is 2.05. The topological polar surface area (TPSA) is 12.0 Å². The van der Waals surface area contributed by atoms with Crippen LogP contribution in [0.3, 0.4) is 0 Å². The molecular formula is C17H25N. The molecule has 0 saturated carbocycles. The van der Waals surface area contributed by atoms with Gasteiger partial charge in [-0.3, -0.25) is 0 Å². The summed E-state index contributed by atoms with van der Waals surface area (Å²) in [4.78, 5) is 0. The summed E-state index contributed by atoms with van der Waals surface area (Å²) < 4.78 is 0. The van der Waals surface area contributed by atoms with Crippen molar-refractivity contribution in [1.29, 1.82) is 0 Å². The zero-order valence-corrected chi connectivity index (χ0v) is 11.9. The van der Waals surface area contributed by atoms with E-state index in [0.29, 0.717) is 12.0 Å². The molecule has 0 bridgehead atoms. The molecule has 0 aliphatic rings. The van der Waals surface area contributed by atoms with Gasteiger partial charge in [0.2, 0.25) is 0 Å². The van der Waals surface area contributed by atoms with E-state index in [0.717, 1.165) is 25.8 Å². The van der Waals surface area contributed by atoms with Gasteiger partial charge in [-0.2, -0.15) is 0 Å². The lowest BCUT2D eigenvalue weighted by molar-refractivity contribution is 0.549. The molecule has 1 rings (SSSR count). The first kappa shape index (κ1) is 14.8. The first-order valence-electron chi connectivity index (χ1n) is 6.92. The van der Waals surface area contributed by atoms with Crippen LogP contribution >= 0.6 is 0 Å². The van der Waals surface area contributed by atoms with Gasteiger partial charge in [0.15, 0.2) is 0 Å². The molecule has 0 saturated heterocycles. The van der Waals surface area contributed by atoms with E-state index in [2.05, 4.69) is 56.3 Å². The van der Waals surface area contributed by atoms with Gasteiger partial charge in [0.1, 0.15) is 0 Å². The Morgan fingerprint density at radius 3 is 2.22 bits per heavy atom. The fourth-order valence-electron chi connectivity index (χ4n) is 1.96. The van der Waals surface area contributed by atoms with Crippen LogP contribution in [0.15, 0.2) is 24.3 Å². The van der Waals surface area contributed by atoms with Crippen molar-refractivity contribution in [3.05, 3.63) is 35.4 Å². The third-order valence-electron chi connectivity index (χ3n) is 3.30. The lowest BCUT2D eigenvalue weighted by Gasteiger charge is -2.15. The normalized spacial score (nSPS) is 12.4. The fourth-order valence-corrected chi connectivity index (χ4v) is 1.96. The molecule has 1 atom stereocenters. The van der Waals surface area contributed by atoms with E-state index in [1.807, 2.05) is 0 Å². The summed E-state index contributed by atoms with van der Waals surface area (Å²) >= 11 is 0. The van der Waals surface area contributed by atoms with Crippen LogP contribution in [0.25, 0.3) is 0 Å². The number of benzene rings is 1. The van der Waals surface area contributed by atoms with E-state index in [9.17, 15) is 0 Å². The molecule has 0 aromatic heterocycles. The molecule has 1 nitrogen and oxygen atoms in total. The summed E-state index contributed by atoms with van der Waals surface area (Å²) in [5, 5.41) is 3.54. The minimum absolute atomic E-state index is 0.414. The van der Waals surface area contributed by atoms with Gasteiger partial charge in [-0.25, -0.2) is 0 Å². The third kappa shape index (κ3) is 4.94. The second-order valence-corrected chi connectivity index (χ2v) is 5.16. The molecular weight excluding hydrogens is 218 g/mol. The SMILES string of the molecule is C#CCCCCNC(C)c1ccc(C(C)C)cc1. The Morgan fingerprint density at radius 1 is 1.06 bits per heavy atom. The van der Waals surface area contributed by atoms with Crippen molar-refractivity contribution in [1.82, 2.24) is 5.32 Å². The number of nitrogens with one attached hydrogen (secondary N) is 1. The highest BCUT2D eigenvalue weighted by molar-refractivity contribution is 5.26. The van der Waals surface area contributed by atoms with Crippen LogP contribution in [0, 0.1) is 12.3 Å². The summed E-state index contributed by atoms with van der Waals surface area (Å²) in [6.07, 6.45) is 8.38. The highest BCUT2D eigenvalue weighted by atomic mass is 14.9. The Labute approximate surface area is 112 Å². The van der Waals surface area contributed by atoms with Crippen LogP contribution in [0.1, 0.15) is 63.1 Å². The second kappa shape index (κ2) is 7.95. The van der Waals surface area contributed by atoms with Gasteiger partial charge in [0.25, 0.3) is 0 Å². The molecule has 0 radical (unpaired) electrons. The summed E-state index contributed by atoms with van der Waals surface area (Å²) in [6.45, 7) is 7.70. The van der Waals surface area contributed by atoms with E-state index >= 15 is 0 Å². The average molecular weight is 243 g/mol. The van der Waals surface area contributed by atoms with Crippen LogP contribution in [0.4, 0.5) is 0 Å². The molecule has 1 N–H and O–H groups in total. The zero-order chi connectivity index (χ0) is 13.4. The first-order valence-corrected chi connectivity index (χ1v) is 6.92. The summed E-state index contributed by atoms with van der Waals surface area (Å²) in [5.74, 6) is 3.28. The number of terminal acetylenes is 1. The van der Waals surface area contributed by atoms with E-state index in [-0.39, 0.29) is 0 Å². The van der Waals surface area contributed by atoms with Gasteiger partial charge in [-0.1, -0.05) is 38.1 Å². The summed E-state index contributed by atoms with van der Waals surface area (Å²) in [5.41, 5.74) is 2.76. The van der Waals surface area contributed by atoms with Gasteiger partial charge in [-0.05, 0) is 43.4 Å². The summed E-state index contributed by atoms with van der Waals surface area (Å²) in [6, 6.07) is 9.34. The summed E-state index contributed by atoms with van der Waals surface area (Å²) in [7, 11) is 0. The minimum atomic E-state index is 0.414. The van der Waals surface area contributed by atoms with Crippen LogP contribution in [-0.2, 0) is 0 Å². The second-order valence-electron chi connectivity index (χ2n) is 5.16. The predicted octanol–water partition coefficient (Wildman–Crippen LogP) is 4.26. The number of hydrogen-bond acceptors (Lipinski definition) is 1. The maximum Gasteiger partial charge on any atom is 0.0291 e. The van der Waals surface area contributed by atoms with E-state index in [1.54, 1.807) is 0 Å². The Balaban J connectivity index is 2.37. The van der Waals surface area contributed by atoms with E-state index in [4.69, 9.17) is 6.42 Å². The van der Waals surface area contributed by atoms with Crippen molar-refractivity contribution < 1.29 is 0 Å². The van der Waals surface area contributed by atoms with Gasteiger partial charge in [0.05, 0.1) is 0 Å². The molecule has 0 amide bonds. The number of rotatable bonds is 7. The Morgan fingerprint density at radius 2 is 1.67 bits per heavy atom. The molecule has 18 heavy (non-hydrogen) atoms. The Kier molecular flexibility index (Phi) is 6.54. The standard InChI is InChI=1S/C17H25N/c1-5-6-7-8-13-18-15(4)17-11-9-16(10-12-17)14(2)3/h1,9-12,14-15,18H,6-8,13H2,2-4H3. The molecule has 0 fully saturated rings. The molecule has 1 unspecified atom stereocenters.